The molecule has 2 amide bonds. The molecule has 0 bridgehead atoms. The zero-order valence-corrected chi connectivity index (χ0v) is 14.6. The monoisotopic (exact) mass is 353 g/mol. The van der Waals surface area contributed by atoms with Gasteiger partial charge in [-0.2, -0.15) is 0 Å². The fourth-order valence-corrected chi connectivity index (χ4v) is 2.98. The second-order valence-corrected chi connectivity index (χ2v) is 6.76. The van der Waals surface area contributed by atoms with Gasteiger partial charge in [0.2, 0.25) is 11.8 Å². The lowest BCUT2D eigenvalue weighted by atomic mass is 9.81. The van der Waals surface area contributed by atoms with Crippen molar-refractivity contribution in [2.75, 3.05) is 32.5 Å². The fourth-order valence-electron chi connectivity index (χ4n) is 2.98. The Kier molecular flexibility index (Phi) is 6.87. The highest BCUT2D eigenvalue weighted by atomic mass is 19.2. The average molecular weight is 353 g/mol. The van der Waals surface area contributed by atoms with Crippen LogP contribution in [0, 0.1) is 23.5 Å². The lowest BCUT2D eigenvalue weighted by Crippen LogP contribution is -2.38. The third-order valence-corrected chi connectivity index (χ3v) is 4.51. The molecule has 5 nitrogen and oxygen atoms in total. The number of rotatable bonds is 6. The molecule has 25 heavy (non-hydrogen) atoms. The molecule has 1 saturated carbocycles. The van der Waals surface area contributed by atoms with Crippen LogP contribution in [0.4, 0.5) is 14.5 Å². The van der Waals surface area contributed by atoms with Crippen molar-refractivity contribution in [2.24, 2.45) is 11.8 Å². The second-order valence-electron chi connectivity index (χ2n) is 6.76. The molecule has 2 N–H and O–H groups in total. The number of anilines is 1. The molecule has 1 aromatic rings. The Bertz CT molecular complexity index is 614. The summed E-state index contributed by atoms with van der Waals surface area (Å²) in [7, 11) is 3.89. The summed E-state index contributed by atoms with van der Waals surface area (Å²) in [4.78, 5) is 26.4. The van der Waals surface area contributed by atoms with Crippen LogP contribution in [0.1, 0.15) is 25.7 Å². The molecule has 0 saturated heterocycles. The number of hydrogen-bond acceptors (Lipinski definition) is 3. The maximum atomic E-state index is 13.2. The maximum absolute atomic E-state index is 13.2. The first kappa shape index (κ1) is 19.3. The van der Waals surface area contributed by atoms with Crippen LogP contribution in [0.3, 0.4) is 0 Å². The van der Waals surface area contributed by atoms with E-state index in [1.165, 1.54) is 6.07 Å². The quantitative estimate of drug-likeness (QED) is 0.826. The largest absolute Gasteiger partial charge is 0.355 e. The minimum atomic E-state index is -0.990. The summed E-state index contributed by atoms with van der Waals surface area (Å²) in [5.74, 6) is -2.37. The van der Waals surface area contributed by atoms with Gasteiger partial charge in [0.05, 0.1) is 0 Å². The highest BCUT2D eigenvalue weighted by molar-refractivity contribution is 5.92. The molecule has 138 valence electrons. The van der Waals surface area contributed by atoms with Crippen LogP contribution < -0.4 is 10.6 Å². The molecule has 0 aromatic heterocycles. The van der Waals surface area contributed by atoms with Gasteiger partial charge in [-0.05, 0) is 51.9 Å². The predicted octanol–water partition coefficient (Wildman–Crippen LogP) is 2.39. The lowest BCUT2D eigenvalue weighted by Gasteiger charge is -2.27. The number of benzene rings is 1. The van der Waals surface area contributed by atoms with Crippen LogP contribution in [-0.4, -0.2) is 43.9 Å². The number of amides is 2. The van der Waals surface area contributed by atoms with Gasteiger partial charge < -0.3 is 15.5 Å². The molecule has 0 heterocycles. The lowest BCUT2D eigenvalue weighted by molar-refractivity contribution is -0.128. The summed E-state index contributed by atoms with van der Waals surface area (Å²) in [5, 5.41) is 5.54. The molecule has 7 heteroatoms. The molecule has 1 aliphatic carbocycles. The molecule has 1 fully saturated rings. The first-order chi connectivity index (χ1) is 11.9. The molecule has 0 aliphatic heterocycles. The van der Waals surface area contributed by atoms with E-state index in [4.69, 9.17) is 0 Å². The summed E-state index contributed by atoms with van der Waals surface area (Å²) < 4.78 is 26.1. The molecule has 0 radical (unpaired) electrons. The van der Waals surface area contributed by atoms with E-state index in [2.05, 4.69) is 10.6 Å². The van der Waals surface area contributed by atoms with E-state index >= 15 is 0 Å². The second kappa shape index (κ2) is 8.89. The minimum absolute atomic E-state index is 0.0429. The number of nitrogens with one attached hydrogen (secondary N) is 2. The van der Waals surface area contributed by atoms with Crippen molar-refractivity contribution >= 4 is 17.5 Å². The van der Waals surface area contributed by atoms with Crippen LogP contribution in [-0.2, 0) is 9.59 Å². The average Bonchev–Trinajstić information content (AvgIpc) is 2.58. The van der Waals surface area contributed by atoms with E-state index in [0.717, 1.165) is 18.7 Å². The van der Waals surface area contributed by atoms with Crippen molar-refractivity contribution in [1.82, 2.24) is 10.2 Å². The van der Waals surface area contributed by atoms with Crippen LogP contribution in [0.5, 0.6) is 0 Å². The number of likely N-dealkylation sites (N-methyl/N-ethyl adjacent to an activating group) is 1. The van der Waals surface area contributed by atoms with E-state index < -0.39 is 11.6 Å². The highest BCUT2D eigenvalue weighted by Gasteiger charge is 2.29. The number of nitrogens with zero attached hydrogens (tertiary/aromatic N) is 1. The molecule has 0 spiro atoms. The van der Waals surface area contributed by atoms with E-state index in [1.54, 1.807) is 0 Å². The zero-order valence-electron chi connectivity index (χ0n) is 14.6. The first-order valence-electron chi connectivity index (χ1n) is 8.55. The third-order valence-electron chi connectivity index (χ3n) is 4.51. The van der Waals surface area contributed by atoms with Crippen molar-refractivity contribution in [2.45, 2.75) is 25.7 Å². The summed E-state index contributed by atoms with van der Waals surface area (Å²) in [5.41, 5.74) is 0.243. The van der Waals surface area contributed by atoms with E-state index in [0.29, 0.717) is 32.2 Å². The van der Waals surface area contributed by atoms with Gasteiger partial charge in [0, 0.05) is 36.7 Å². The van der Waals surface area contributed by atoms with Crippen molar-refractivity contribution in [3.63, 3.8) is 0 Å². The zero-order chi connectivity index (χ0) is 18.4. The predicted molar refractivity (Wildman–Crippen MR) is 92.0 cm³/mol. The van der Waals surface area contributed by atoms with Gasteiger partial charge in [-0.15, -0.1) is 0 Å². The van der Waals surface area contributed by atoms with Crippen LogP contribution >= 0.6 is 0 Å². The number of halogens is 2. The smallest absolute Gasteiger partial charge is 0.227 e. The number of hydrogen-bond donors (Lipinski definition) is 2. The SMILES string of the molecule is CN(C)CCNC(=O)C1CCC(C(=O)Nc2ccc(F)c(F)c2)CC1. The molecule has 1 aliphatic rings. The van der Waals surface area contributed by atoms with Crippen LogP contribution in [0.25, 0.3) is 0 Å². The Morgan fingerprint density at radius 3 is 2.20 bits per heavy atom. The van der Waals surface area contributed by atoms with Gasteiger partial charge in [-0.25, -0.2) is 8.78 Å². The minimum Gasteiger partial charge on any atom is -0.355 e. The summed E-state index contributed by atoms with van der Waals surface area (Å²) in [6.07, 6.45) is 2.54. The Morgan fingerprint density at radius 2 is 1.64 bits per heavy atom. The van der Waals surface area contributed by atoms with Gasteiger partial charge in [0.15, 0.2) is 11.6 Å². The van der Waals surface area contributed by atoms with E-state index in [9.17, 15) is 18.4 Å². The van der Waals surface area contributed by atoms with Crippen molar-refractivity contribution < 1.29 is 18.4 Å². The van der Waals surface area contributed by atoms with Gasteiger partial charge in [0.1, 0.15) is 0 Å². The summed E-state index contributed by atoms with van der Waals surface area (Å²) in [6.45, 7) is 1.40. The van der Waals surface area contributed by atoms with Crippen LogP contribution in [0.2, 0.25) is 0 Å². The standard InChI is InChI=1S/C18H25F2N3O2/c1-23(2)10-9-21-17(24)12-3-5-13(6-4-12)18(25)22-14-7-8-15(19)16(20)11-14/h7-8,11-13H,3-6,9-10H2,1-2H3,(H,21,24)(H,22,25). The highest BCUT2D eigenvalue weighted by Crippen LogP contribution is 2.30. The number of carbonyl (C=O) groups is 2. The first-order valence-corrected chi connectivity index (χ1v) is 8.55. The summed E-state index contributed by atoms with van der Waals surface area (Å²) >= 11 is 0. The molecule has 2 rings (SSSR count). The Balaban J connectivity index is 1.78. The molecule has 1 aromatic carbocycles. The van der Waals surface area contributed by atoms with Gasteiger partial charge in [-0.3, -0.25) is 9.59 Å². The fraction of sp³-hybridized carbons (Fsp3) is 0.556. The van der Waals surface area contributed by atoms with Gasteiger partial charge in [-0.1, -0.05) is 0 Å². The van der Waals surface area contributed by atoms with Gasteiger partial charge >= 0.3 is 0 Å². The van der Waals surface area contributed by atoms with Crippen molar-refractivity contribution in [3.05, 3.63) is 29.8 Å². The van der Waals surface area contributed by atoms with E-state index in [1.807, 2.05) is 19.0 Å². The van der Waals surface area contributed by atoms with E-state index in [-0.39, 0.29) is 29.3 Å². The normalized spacial score (nSPS) is 20.4. The Morgan fingerprint density at radius 1 is 1.04 bits per heavy atom. The Labute approximate surface area is 146 Å². The van der Waals surface area contributed by atoms with Crippen LogP contribution in [0.15, 0.2) is 18.2 Å². The topological polar surface area (TPSA) is 61.4 Å². The molecule has 0 unspecified atom stereocenters. The number of carbonyl (C=O) groups excluding carboxylic acids is 2. The molecule has 0 atom stereocenters. The Hall–Kier alpha value is -2.02. The molecular weight excluding hydrogens is 328 g/mol. The maximum Gasteiger partial charge on any atom is 0.227 e. The third kappa shape index (κ3) is 5.77. The van der Waals surface area contributed by atoms with Crippen molar-refractivity contribution in [3.8, 4) is 0 Å². The van der Waals surface area contributed by atoms with Gasteiger partial charge in [0.25, 0.3) is 0 Å². The van der Waals surface area contributed by atoms with Crippen molar-refractivity contribution in [1.29, 1.82) is 0 Å². The summed E-state index contributed by atoms with van der Waals surface area (Å²) in [6, 6.07) is 3.29. The molecular formula is C18H25F2N3O2.